The zero-order valence-electron chi connectivity index (χ0n) is 9.43. The van der Waals surface area contributed by atoms with E-state index in [0.717, 1.165) is 17.6 Å². The zero-order valence-corrected chi connectivity index (χ0v) is 11.1. The number of thiophene rings is 1. The quantitative estimate of drug-likeness (QED) is 0.892. The molecule has 0 bridgehead atoms. The summed E-state index contributed by atoms with van der Waals surface area (Å²) in [6.07, 6.45) is 4.64. The van der Waals surface area contributed by atoms with E-state index in [4.69, 9.17) is 0 Å². The minimum Gasteiger partial charge on any atom is -0.310 e. The Morgan fingerprint density at radius 1 is 1.35 bits per heavy atom. The maximum Gasteiger partial charge on any atom is 0.101 e. The van der Waals surface area contributed by atoms with Gasteiger partial charge in [0.25, 0.3) is 0 Å². The summed E-state index contributed by atoms with van der Waals surface area (Å²) in [4.78, 5) is 4.48. The van der Waals surface area contributed by atoms with Crippen molar-refractivity contribution < 1.29 is 0 Å². The summed E-state index contributed by atoms with van der Waals surface area (Å²) in [6.45, 7) is 0.946. The Kier molecular flexibility index (Phi) is 3.45. The number of aromatic nitrogens is 1. The van der Waals surface area contributed by atoms with Gasteiger partial charge in [-0.3, -0.25) is 0 Å². The Morgan fingerprint density at radius 2 is 2.29 bits per heavy atom. The van der Waals surface area contributed by atoms with Gasteiger partial charge in [0, 0.05) is 18.8 Å². The molecular formula is C13H14N2S2. The van der Waals surface area contributed by atoms with E-state index in [-0.39, 0.29) is 0 Å². The van der Waals surface area contributed by atoms with E-state index in [0.29, 0.717) is 0 Å². The molecule has 1 fully saturated rings. The average molecular weight is 262 g/mol. The standard InChI is InChI=1S/C13H14N2S2/c1-2-13(16-7-1)17-12-6-3-10(9-15-12)8-14-11-4-5-11/h1-3,6-7,9,11,14H,4-5,8H2. The second kappa shape index (κ2) is 5.21. The molecule has 2 aromatic rings. The maximum absolute atomic E-state index is 4.48. The third-order valence-electron chi connectivity index (χ3n) is 2.67. The first-order chi connectivity index (χ1) is 8.40. The molecule has 0 radical (unpaired) electrons. The number of hydrogen-bond acceptors (Lipinski definition) is 4. The van der Waals surface area contributed by atoms with Crippen LogP contribution < -0.4 is 5.32 Å². The van der Waals surface area contributed by atoms with Gasteiger partial charge in [-0.1, -0.05) is 23.9 Å². The lowest BCUT2D eigenvalue weighted by Gasteiger charge is -2.03. The highest BCUT2D eigenvalue weighted by molar-refractivity contribution is 8.01. The lowest BCUT2D eigenvalue weighted by molar-refractivity contribution is 0.685. The van der Waals surface area contributed by atoms with Crippen LogP contribution in [0.25, 0.3) is 0 Å². The molecule has 0 aliphatic heterocycles. The molecule has 1 aliphatic carbocycles. The molecule has 0 unspecified atom stereocenters. The molecule has 2 heterocycles. The third-order valence-corrected chi connectivity index (χ3v) is 4.66. The van der Waals surface area contributed by atoms with Crippen LogP contribution in [0.1, 0.15) is 18.4 Å². The fraction of sp³-hybridized carbons (Fsp3) is 0.308. The highest BCUT2D eigenvalue weighted by atomic mass is 32.2. The van der Waals surface area contributed by atoms with E-state index in [1.54, 1.807) is 23.1 Å². The van der Waals surface area contributed by atoms with E-state index < -0.39 is 0 Å². The second-order valence-electron chi connectivity index (χ2n) is 4.19. The predicted octanol–water partition coefficient (Wildman–Crippen LogP) is 3.55. The van der Waals surface area contributed by atoms with Crippen molar-refractivity contribution in [1.82, 2.24) is 10.3 Å². The van der Waals surface area contributed by atoms with Gasteiger partial charge in [-0.25, -0.2) is 4.98 Å². The summed E-state index contributed by atoms with van der Waals surface area (Å²) in [7, 11) is 0. The number of nitrogens with one attached hydrogen (secondary N) is 1. The zero-order chi connectivity index (χ0) is 11.5. The van der Waals surface area contributed by atoms with Crippen LogP contribution in [0.4, 0.5) is 0 Å². The Morgan fingerprint density at radius 3 is 2.94 bits per heavy atom. The highest BCUT2D eigenvalue weighted by Crippen LogP contribution is 2.29. The molecular weight excluding hydrogens is 248 g/mol. The summed E-state index contributed by atoms with van der Waals surface area (Å²) in [5.41, 5.74) is 1.27. The molecule has 2 nitrogen and oxygen atoms in total. The van der Waals surface area contributed by atoms with Crippen molar-refractivity contribution in [2.45, 2.75) is 34.7 Å². The van der Waals surface area contributed by atoms with Crippen molar-refractivity contribution in [2.24, 2.45) is 0 Å². The fourth-order valence-corrected chi connectivity index (χ4v) is 3.21. The monoisotopic (exact) mass is 262 g/mol. The molecule has 3 rings (SSSR count). The molecule has 0 spiro atoms. The normalized spacial score (nSPS) is 15.1. The van der Waals surface area contributed by atoms with E-state index in [1.165, 1.54) is 22.6 Å². The maximum atomic E-state index is 4.48. The van der Waals surface area contributed by atoms with Crippen LogP contribution in [0.15, 0.2) is 45.1 Å². The summed E-state index contributed by atoms with van der Waals surface area (Å²) in [6, 6.07) is 9.22. The fourth-order valence-electron chi connectivity index (χ4n) is 1.55. The molecule has 1 aliphatic rings. The van der Waals surface area contributed by atoms with Crippen molar-refractivity contribution >= 4 is 23.1 Å². The predicted molar refractivity (Wildman–Crippen MR) is 72.5 cm³/mol. The smallest absolute Gasteiger partial charge is 0.101 e. The largest absolute Gasteiger partial charge is 0.310 e. The van der Waals surface area contributed by atoms with Gasteiger partial charge >= 0.3 is 0 Å². The summed E-state index contributed by atoms with van der Waals surface area (Å²) >= 11 is 3.48. The lowest BCUT2D eigenvalue weighted by Crippen LogP contribution is -2.15. The highest BCUT2D eigenvalue weighted by Gasteiger charge is 2.19. The molecule has 0 saturated heterocycles. The van der Waals surface area contributed by atoms with Crippen LogP contribution in [-0.2, 0) is 6.54 Å². The van der Waals surface area contributed by atoms with E-state index >= 15 is 0 Å². The third kappa shape index (κ3) is 3.31. The van der Waals surface area contributed by atoms with Crippen molar-refractivity contribution in [3.8, 4) is 0 Å². The average Bonchev–Trinajstić information content (AvgIpc) is 3.05. The van der Waals surface area contributed by atoms with E-state index in [2.05, 4.69) is 39.9 Å². The Hall–Kier alpha value is -0.840. The van der Waals surface area contributed by atoms with Crippen LogP contribution in [0.5, 0.6) is 0 Å². The number of rotatable bonds is 5. The van der Waals surface area contributed by atoms with Gasteiger partial charge in [0.2, 0.25) is 0 Å². The molecule has 0 atom stereocenters. The van der Waals surface area contributed by atoms with E-state index in [9.17, 15) is 0 Å². The van der Waals surface area contributed by atoms with Crippen molar-refractivity contribution in [2.75, 3.05) is 0 Å². The SMILES string of the molecule is c1csc(Sc2ccc(CNC3CC3)cn2)c1. The van der Waals surface area contributed by atoms with Crippen LogP contribution in [0, 0.1) is 0 Å². The van der Waals surface area contributed by atoms with Crippen LogP contribution in [0.2, 0.25) is 0 Å². The van der Waals surface area contributed by atoms with Gasteiger partial charge in [-0.2, -0.15) is 0 Å². The van der Waals surface area contributed by atoms with Crippen LogP contribution in [0.3, 0.4) is 0 Å². The summed E-state index contributed by atoms with van der Waals surface area (Å²) < 4.78 is 1.29. The molecule has 4 heteroatoms. The minimum absolute atomic E-state index is 0.759. The molecule has 17 heavy (non-hydrogen) atoms. The van der Waals surface area contributed by atoms with E-state index in [1.807, 2.05) is 6.20 Å². The first-order valence-corrected chi connectivity index (χ1v) is 7.49. The first-order valence-electron chi connectivity index (χ1n) is 5.80. The number of pyridine rings is 1. The molecule has 0 amide bonds. The van der Waals surface area contributed by atoms with Gasteiger partial charge in [-0.15, -0.1) is 11.3 Å². The van der Waals surface area contributed by atoms with Crippen molar-refractivity contribution in [1.29, 1.82) is 0 Å². The number of hydrogen-bond donors (Lipinski definition) is 1. The number of nitrogens with zero attached hydrogens (tertiary/aromatic N) is 1. The van der Waals surface area contributed by atoms with Gasteiger partial charge < -0.3 is 5.32 Å². The van der Waals surface area contributed by atoms with Gasteiger partial charge in [-0.05, 0) is 35.9 Å². The minimum atomic E-state index is 0.759. The molecule has 0 aromatic carbocycles. The Labute approximate surface area is 109 Å². The van der Waals surface area contributed by atoms with Crippen LogP contribution >= 0.6 is 23.1 Å². The summed E-state index contributed by atoms with van der Waals surface area (Å²) in [5.74, 6) is 0. The second-order valence-corrected chi connectivity index (χ2v) is 6.46. The van der Waals surface area contributed by atoms with Crippen LogP contribution in [-0.4, -0.2) is 11.0 Å². The lowest BCUT2D eigenvalue weighted by atomic mass is 10.3. The Balaban J connectivity index is 1.58. The van der Waals surface area contributed by atoms with Gasteiger partial charge in [0.15, 0.2) is 0 Å². The van der Waals surface area contributed by atoms with Gasteiger partial charge in [0.05, 0.1) is 4.21 Å². The molecule has 88 valence electrons. The molecule has 2 aromatic heterocycles. The van der Waals surface area contributed by atoms with Gasteiger partial charge in [0.1, 0.15) is 5.03 Å². The molecule has 1 N–H and O–H groups in total. The topological polar surface area (TPSA) is 24.9 Å². The summed E-state index contributed by atoms with van der Waals surface area (Å²) in [5, 5.41) is 6.66. The Bertz CT molecular complexity index is 461. The van der Waals surface area contributed by atoms with Crippen molar-refractivity contribution in [3.05, 3.63) is 41.4 Å². The first kappa shape index (κ1) is 11.3. The molecule has 1 saturated carbocycles. The van der Waals surface area contributed by atoms with Crippen molar-refractivity contribution in [3.63, 3.8) is 0 Å².